The van der Waals surface area contributed by atoms with Crippen LogP contribution in [0.4, 0.5) is 0 Å². The van der Waals surface area contributed by atoms with Gasteiger partial charge in [0, 0.05) is 0 Å². The van der Waals surface area contributed by atoms with Crippen LogP contribution in [-0.4, -0.2) is 13.2 Å². The first kappa shape index (κ1) is 15.4. The molecule has 4 heteroatoms. The zero-order valence-corrected chi connectivity index (χ0v) is 12.7. The number of hydrogen-bond donors (Lipinski definition) is 1. The van der Waals surface area contributed by atoms with Crippen molar-refractivity contribution in [3.63, 3.8) is 0 Å². The summed E-state index contributed by atoms with van der Waals surface area (Å²) in [5.41, 5.74) is 0. The molecule has 1 aromatic heterocycles. The quantitative estimate of drug-likeness (QED) is 0.763. The van der Waals surface area contributed by atoms with E-state index in [-0.39, 0.29) is 0 Å². The van der Waals surface area contributed by atoms with E-state index in [1.54, 1.807) is 0 Å². The van der Waals surface area contributed by atoms with Gasteiger partial charge in [0.25, 0.3) is 0 Å². The first-order valence-electron chi connectivity index (χ1n) is 7.46. The Labute approximate surface area is 126 Å². The van der Waals surface area contributed by atoms with Gasteiger partial charge in [-0.2, -0.15) is 0 Å². The fraction of sp³-hybridized carbons (Fsp3) is 0.412. The van der Waals surface area contributed by atoms with Crippen molar-refractivity contribution in [3.8, 4) is 11.5 Å². The first-order valence-corrected chi connectivity index (χ1v) is 7.46. The van der Waals surface area contributed by atoms with Gasteiger partial charge >= 0.3 is 0 Å². The van der Waals surface area contributed by atoms with Crippen molar-refractivity contribution < 1.29 is 13.9 Å². The molecule has 0 fully saturated rings. The summed E-state index contributed by atoms with van der Waals surface area (Å²) in [6, 6.07) is 11.6. The summed E-state index contributed by atoms with van der Waals surface area (Å²) in [5, 5.41) is 3.23. The van der Waals surface area contributed by atoms with Gasteiger partial charge in [0.15, 0.2) is 11.5 Å². The Hall–Kier alpha value is -1.94. The lowest BCUT2D eigenvalue weighted by Gasteiger charge is -2.11. The van der Waals surface area contributed by atoms with Gasteiger partial charge < -0.3 is 19.2 Å². The van der Waals surface area contributed by atoms with Crippen LogP contribution in [0.25, 0.3) is 0 Å². The predicted octanol–water partition coefficient (Wildman–Crippen LogP) is 3.76. The predicted molar refractivity (Wildman–Crippen MR) is 82.6 cm³/mol. The molecule has 114 valence electrons. The Kier molecular flexibility index (Phi) is 6.16. The summed E-state index contributed by atoms with van der Waals surface area (Å²) in [6.45, 7) is 6.91. The Balaban J connectivity index is 1.91. The smallest absolute Gasteiger partial charge is 0.161 e. The molecule has 0 aliphatic heterocycles. The third-order valence-electron chi connectivity index (χ3n) is 2.95. The molecule has 1 N–H and O–H groups in total. The highest BCUT2D eigenvalue weighted by molar-refractivity contribution is 5.39. The Morgan fingerprint density at radius 3 is 2.38 bits per heavy atom. The van der Waals surface area contributed by atoms with E-state index in [1.165, 1.54) is 0 Å². The van der Waals surface area contributed by atoms with E-state index in [2.05, 4.69) is 19.2 Å². The number of para-hydroxylation sites is 2. The monoisotopic (exact) mass is 289 g/mol. The third-order valence-corrected chi connectivity index (χ3v) is 2.95. The van der Waals surface area contributed by atoms with Gasteiger partial charge in [-0.05, 0) is 37.2 Å². The van der Waals surface area contributed by atoms with E-state index < -0.39 is 0 Å². The molecule has 1 heterocycles. The van der Waals surface area contributed by atoms with E-state index in [1.807, 2.05) is 36.4 Å². The van der Waals surface area contributed by atoms with Crippen molar-refractivity contribution in [1.29, 1.82) is 0 Å². The maximum atomic E-state index is 5.80. The third kappa shape index (κ3) is 4.83. The lowest BCUT2D eigenvalue weighted by atomic mass is 10.3. The number of hydrogen-bond acceptors (Lipinski definition) is 4. The van der Waals surface area contributed by atoms with Gasteiger partial charge in [0.1, 0.15) is 18.1 Å². The normalized spacial score (nSPS) is 10.6. The Morgan fingerprint density at radius 1 is 0.952 bits per heavy atom. The minimum Gasteiger partial charge on any atom is -0.490 e. The average molecular weight is 289 g/mol. The number of benzene rings is 1. The minimum absolute atomic E-state index is 0.401. The second-order valence-corrected chi connectivity index (χ2v) is 4.73. The second-order valence-electron chi connectivity index (χ2n) is 4.73. The molecule has 0 bridgehead atoms. The molecule has 2 aromatic rings. The van der Waals surface area contributed by atoms with E-state index in [0.29, 0.717) is 13.2 Å². The highest BCUT2D eigenvalue weighted by atomic mass is 16.5. The molecular formula is C17H23NO3. The molecule has 0 aliphatic rings. The summed E-state index contributed by atoms with van der Waals surface area (Å²) in [5.74, 6) is 3.26. The van der Waals surface area contributed by atoms with Crippen LogP contribution in [0.3, 0.4) is 0 Å². The van der Waals surface area contributed by atoms with Gasteiger partial charge in [-0.25, -0.2) is 0 Å². The molecule has 0 spiro atoms. The number of nitrogens with one attached hydrogen (secondary N) is 1. The molecule has 0 saturated carbocycles. The highest BCUT2D eigenvalue weighted by Gasteiger charge is 2.06. The van der Waals surface area contributed by atoms with Crippen LogP contribution < -0.4 is 14.8 Å². The highest BCUT2D eigenvalue weighted by Crippen LogP contribution is 2.27. The number of furan rings is 1. The Morgan fingerprint density at radius 2 is 1.67 bits per heavy atom. The van der Waals surface area contributed by atoms with Crippen LogP contribution >= 0.6 is 0 Å². The van der Waals surface area contributed by atoms with Crippen LogP contribution in [0.5, 0.6) is 11.5 Å². The van der Waals surface area contributed by atoms with E-state index in [4.69, 9.17) is 13.9 Å². The van der Waals surface area contributed by atoms with Crippen molar-refractivity contribution in [3.05, 3.63) is 47.9 Å². The van der Waals surface area contributed by atoms with Gasteiger partial charge in [-0.15, -0.1) is 0 Å². The number of ether oxygens (including phenoxy) is 2. The molecule has 0 aliphatic carbocycles. The molecule has 4 nitrogen and oxygen atoms in total. The summed E-state index contributed by atoms with van der Waals surface area (Å²) in [6.07, 6.45) is 0.973. The summed E-state index contributed by atoms with van der Waals surface area (Å²) in [7, 11) is 0. The molecule has 21 heavy (non-hydrogen) atoms. The molecule has 1 aromatic carbocycles. The zero-order valence-electron chi connectivity index (χ0n) is 12.7. The van der Waals surface area contributed by atoms with Crippen molar-refractivity contribution in [2.75, 3.05) is 13.2 Å². The van der Waals surface area contributed by atoms with E-state index in [0.717, 1.165) is 42.5 Å². The molecule has 0 unspecified atom stereocenters. The van der Waals surface area contributed by atoms with Gasteiger partial charge in [0.05, 0.1) is 13.2 Å². The SMILES string of the molecule is CCCOc1ccccc1OCc1ccc(CNCC)o1. The van der Waals surface area contributed by atoms with Crippen molar-refractivity contribution in [2.45, 2.75) is 33.4 Å². The maximum Gasteiger partial charge on any atom is 0.161 e. The summed E-state index contributed by atoms with van der Waals surface area (Å²) < 4.78 is 17.2. The Bertz CT molecular complexity index is 536. The summed E-state index contributed by atoms with van der Waals surface area (Å²) in [4.78, 5) is 0. The topological polar surface area (TPSA) is 43.6 Å². The lowest BCUT2D eigenvalue weighted by Crippen LogP contribution is -2.10. The molecule has 0 saturated heterocycles. The van der Waals surface area contributed by atoms with Crippen LogP contribution in [0.1, 0.15) is 31.8 Å². The second kappa shape index (κ2) is 8.37. The maximum absolute atomic E-state index is 5.80. The molecule has 0 radical (unpaired) electrons. The largest absolute Gasteiger partial charge is 0.490 e. The van der Waals surface area contributed by atoms with Crippen LogP contribution in [-0.2, 0) is 13.2 Å². The summed E-state index contributed by atoms with van der Waals surface area (Å²) >= 11 is 0. The zero-order chi connectivity index (χ0) is 14.9. The fourth-order valence-electron chi connectivity index (χ4n) is 1.89. The average Bonchev–Trinajstić information content (AvgIpc) is 2.97. The van der Waals surface area contributed by atoms with Crippen LogP contribution in [0.2, 0.25) is 0 Å². The van der Waals surface area contributed by atoms with Gasteiger partial charge in [0.2, 0.25) is 0 Å². The molecule has 2 rings (SSSR count). The fourth-order valence-corrected chi connectivity index (χ4v) is 1.89. The van der Waals surface area contributed by atoms with Crippen LogP contribution in [0.15, 0.2) is 40.8 Å². The standard InChI is InChI=1S/C17H23NO3/c1-3-11-19-16-7-5-6-8-17(16)20-13-15-10-9-14(21-15)12-18-4-2/h5-10,18H,3-4,11-13H2,1-2H3. The molecule has 0 amide bonds. The van der Waals surface area contributed by atoms with E-state index in [9.17, 15) is 0 Å². The first-order chi connectivity index (χ1) is 10.3. The van der Waals surface area contributed by atoms with E-state index >= 15 is 0 Å². The van der Waals surface area contributed by atoms with Crippen molar-refractivity contribution in [1.82, 2.24) is 5.32 Å². The number of rotatable bonds is 9. The van der Waals surface area contributed by atoms with Gasteiger partial charge in [-0.1, -0.05) is 26.0 Å². The van der Waals surface area contributed by atoms with Gasteiger partial charge in [-0.3, -0.25) is 0 Å². The molecule has 0 atom stereocenters. The lowest BCUT2D eigenvalue weighted by molar-refractivity contribution is 0.240. The van der Waals surface area contributed by atoms with Crippen molar-refractivity contribution >= 4 is 0 Å². The minimum atomic E-state index is 0.401. The molecular weight excluding hydrogens is 266 g/mol. The van der Waals surface area contributed by atoms with Crippen LogP contribution in [0, 0.1) is 0 Å². The van der Waals surface area contributed by atoms with Crippen molar-refractivity contribution in [2.24, 2.45) is 0 Å².